The van der Waals surface area contributed by atoms with Crippen LogP contribution in [0.3, 0.4) is 0 Å². The van der Waals surface area contributed by atoms with Crippen molar-refractivity contribution in [2.45, 2.75) is 32.9 Å². The van der Waals surface area contributed by atoms with Gasteiger partial charge in [-0.1, -0.05) is 74.5 Å². The average molecular weight is 319 g/mol. The number of imidazole rings is 1. The Morgan fingerprint density at radius 3 is 2.29 bits per heavy atom. The maximum atomic E-state index is 4.83. The first-order valence-electron chi connectivity index (χ1n) is 8.60. The molecule has 1 heterocycles. The molecule has 3 rings (SSSR count). The molecule has 0 saturated heterocycles. The Bertz CT molecular complexity index is 732. The van der Waals surface area contributed by atoms with Crippen molar-refractivity contribution in [3.05, 3.63) is 78.2 Å². The van der Waals surface area contributed by atoms with E-state index in [1.54, 1.807) is 0 Å². The Labute approximate surface area is 144 Å². The summed E-state index contributed by atoms with van der Waals surface area (Å²) in [7, 11) is 0. The normalized spacial score (nSPS) is 12.5. The molecule has 0 radical (unpaired) electrons. The SMILES string of the molecule is CC(C)C[C@@H](NCc1ccccc1)c1nc(-c2ccccc2)c[nH]1. The molecular formula is C21H25N3. The predicted octanol–water partition coefficient (Wildman–Crippen LogP) is 4.95. The van der Waals surface area contributed by atoms with Gasteiger partial charge in [-0.15, -0.1) is 0 Å². The van der Waals surface area contributed by atoms with E-state index in [0.717, 1.165) is 30.0 Å². The van der Waals surface area contributed by atoms with Crippen molar-refractivity contribution in [2.24, 2.45) is 5.92 Å². The highest BCUT2D eigenvalue weighted by Gasteiger charge is 2.17. The zero-order valence-corrected chi connectivity index (χ0v) is 14.4. The molecule has 0 fully saturated rings. The summed E-state index contributed by atoms with van der Waals surface area (Å²) in [6, 6.07) is 21.0. The van der Waals surface area contributed by atoms with Gasteiger partial charge in [0.1, 0.15) is 5.82 Å². The molecule has 124 valence electrons. The average Bonchev–Trinajstić information content (AvgIpc) is 3.10. The van der Waals surface area contributed by atoms with Gasteiger partial charge >= 0.3 is 0 Å². The van der Waals surface area contributed by atoms with Crippen molar-refractivity contribution < 1.29 is 0 Å². The van der Waals surface area contributed by atoms with Gasteiger partial charge in [0.2, 0.25) is 0 Å². The summed E-state index contributed by atoms with van der Waals surface area (Å²) in [6.07, 6.45) is 3.05. The molecule has 0 amide bonds. The quantitative estimate of drug-likeness (QED) is 0.646. The molecule has 1 aromatic heterocycles. The number of nitrogens with zero attached hydrogens (tertiary/aromatic N) is 1. The van der Waals surface area contributed by atoms with Crippen LogP contribution >= 0.6 is 0 Å². The Balaban J connectivity index is 1.75. The van der Waals surface area contributed by atoms with Gasteiger partial charge in [0, 0.05) is 18.3 Å². The topological polar surface area (TPSA) is 40.7 Å². The summed E-state index contributed by atoms with van der Waals surface area (Å²) < 4.78 is 0. The van der Waals surface area contributed by atoms with Crippen LogP contribution in [0, 0.1) is 5.92 Å². The monoisotopic (exact) mass is 319 g/mol. The highest BCUT2D eigenvalue weighted by atomic mass is 15.0. The first-order valence-corrected chi connectivity index (χ1v) is 8.60. The molecular weight excluding hydrogens is 294 g/mol. The molecule has 2 aromatic carbocycles. The third kappa shape index (κ3) is 4.33. The van der Waals surface area contributed by atoms with E-state index in [4.69, 9.17) is 4.98 Å². The fourth-order valence-electron chi connectivity index (χ4n) is 2.87. The Kier molecular flexibility index (Phi) is 5.44. The lowest BCUT2D eigenvalue weighted by Gasteiger charge is -2.19. The zero-order chi connectivity index (χ0) is 16.8. The van der Waals surface area contributed by atoms with Gasteiger partial charge in [-0.3, -0.25) is 0 Å². The van der Waals surface area contributed by atoms with E-state index in [1.165, 1.54) is 5.56 Å². The van der Waals surface area contributed by atoms with E-state index >= 15 is 0 Å². The van der Waals surface area contributed by atoms with Crippen LogP contribution in [0.15, 0.2) is 66.9 Å². The second kappa shape index (κ2) is 7.93. The number of nitrogens with one attached hydrogen (secondary N) is 2. The van der Waals surface area contributed by atoms with Gasteiger partial charge < -0.3 is 10.3 Å². The summed E-state index contributed by atoms with van der Waals surface area (Å²) in [4.78, 5) is 8.20. The molecule has 0 spiro atoms. The van der Waals surface area contributed by atoms with Crippen molar-refractivity contribution in [3.63, 3.8) is 0 Å². The summed E-state index contributed by atoms with van der Waals surface area (Å²) in [5.41, 5.74) is 3.44. The van der Waals surface area contributed by atoms with Crippen LogP contribution in [0.25, 0.3) is 11.3 Å². The zero-order valence-electron chi connectivity index (χ0n) is 14.4. The maximum Gasteiger partial charge on any atom is 0.124 e. The van der Waals surface area contributed by atoms with E-state index in [1.807, 2.05) is 30.5 Å². The van der Waals surface area contributed by atoms with E-state index < -0.39 is 0 Å². The first kappa shape index (κ1) is 16.5. The number of hydrogen-bond acceptors (Lipinski definition) is 2. The minimum atomic E-state index is 0.225. The van der Waals surface area contributed by atoms with Crippen LogP contribution in [0.5, 0.6) is 0 Å². The molecule has 24 heavy (non-hydrogen) atoms. The van der Waals surface area contributed by atoms with Crippen LogP contribution in [-0.4, -0.2) is 9.97 Å². The summed E-state index contributed by atoms with van der Waals surface area (Å²) in [5, 5.41) is 3.65. The second-order valence-electron chi connectivity index (χ2n) is 6.59. The van der Waals surface area contributed by atoms with Gasteiger partial charge in [0.05, 0.1) is 11.7 Å². The van der Waals surface area contributed by atoms with Crippen molar-refractivity contribution >= 4 is 0 Å². The van der Waals surface area contributed by atoms with Crippen LogP contribution < -0.4 is 5.32 Å². The highest BCUT2D eigenvalue weighted by molar-refractivity contribution is 5.58. The van der Waals surface area contributed by atoms with Crippen molar-refractivity contribution in [1.82, 2.24) is 15.3 Å². The molecule has 1 atom stereocenters. The summed E-state index contributed by atoms with van der Waals surface area (Å²) in [5.74, 6) is 1.61. The number of benzene rings is 2. The lowest BCUT2D eigenvalue weighted by atomic mass is 10.0. The fraction of sp³-hybridized carbons (Fsp3) is 0.286. The highest BCUT2D eigenvalue weighted by Crippen LogP contribution is 2.23. The maximum absolute atomic E-state index is 4.83. The van der Waals surface area contributed by atoms with Crippen LogP contribution in [0.1, 0.15) is 37.7 Å². The van der Waals surface area contributed by atoms with E-state index in [2.05, 4.69) is 60.5 Å². The fourth-order valence-corrected chi connectivity index (χ4v) is 2.87. The molecule has 3 aromatic rings. The van der Waals surface area contributed by atoms with Crippen molar-refractivity contribution in [2.75, 3.05) is 0 Å². The standard InChI is InChI=1S/C21H25N3/c1-16(2)13-19(22-14-17-9-5-3-6-10-17)21-23-15-20(24-21)18-11-7-4-8-12-18/h3-12,15-16,19,22H,13-14H2,1-2H3,(H,23,24)/t19-/m1/s1. The predicted molar refractivity (Wildman–Crippen MR) is 99.5 cm³/mol. The molecule has 0 unspecified atom stereocenters. The molecule has 0 saturated carbocycles. The van der Waals surface area contributed by atoms with E-state index in [0.29, 0.717) is 5.92 Å². The molecule has 3 nitrogen and oxygen atoms in total. The molecule has 0 aliphatic heterocycles. The van der Waals surface area contributed by atoms with Crippen LogP contribution in [-0.2, 0) is 6.54 Å². The molecule has 0 aliphatic rings. The van der Waals surface area contributed by atoms with Gasteiger partial charge in [-0.05, 0) is 17.9 Å². The first-order chi connectivity index (χ1) is 11.7. The van der Waals surface area contributed by atoms with Crippen LogP contribution in [0.2, 0.25) is 0 Å². The lowest BCUT2D eigenvalue weighted by molar-refractivity contribution is 0.415. The molecule has 0 bridgehead atoms. The van der Waals surface area contributed by atoms with E-state index in [9.17, 15) is 0 Å². The Morgan fingerprint density at radius 2 is 1.62 bits per heavy atom. The van der Waals surface area contributed by atoms with E-state index in [-0.39, 0.29) is 6.04 Å². The number of aromatic amines is 1. The Hall–Kier alpha value is -2.39. The second-order valence-corrected chi connectivity index (χ2v) is 6.59. The lowest BCUT2D eigenvalue weighted by Crippen LogP contribution is -2.23. The van der Waals surface area contributed by atoms with Gasteiger partial charge in [-0.25, -0.2) is 4.98 Å². The molecule has 0 aliphatic carbocycles. The van der Waals surface area contributed by atoms with Gasteiger partial charge in [0.15, 0.2) is 0 Å². The smallest absolute Gasteiger partial charge is 0.124 e. The minimum Gasteiger partial charge on any atom is -0.347 e. The number of rotatable bonds is 7. The molecule has 2 N–H and O–H groups in total. The third-order valence-electron chi connectivity index (χ3n) is 4.10. The summed E-state index contributed by atoms with van der Waals surface area (Å²) >= 11 is 0. The van der Waals surface area contributed by atoms with Crippen LogP contribution in [0.4, 0.5) is 0 Å². The Morgan fingerprint density at radius 1 is 0.958 bits per heavy atom. The van der Waals surface area contributed by atoms with Gasteiger partial charge in [-0.2, -0.15) is 0 Å². The minimum absolute atomic E-state index is 0.225. The largest absolute Gasteiger partial charge is 0.347 e. The number of H-pyrrole nitrogens is 1. The van der Waals surface area contributed by atoms with Gasteiger partial charge in [0.25, 0.3) is 0 Å². The number of aromatic nitrogens is 2. The van der Waals surface area contributed by atoms with Crippen molar-refractivity contribution in [3.8, 4) is 11.3 Å². The third-order valence-corrected chi connectivity index (χ3v) is 4.10. The van der Waals surface area contributed by atoms with Crippen molar-refractivity contribution in [1.29, 1.82) is 0 Å². The summed E-state index contributed by atoms with van der Waals surface area (Å²) in [6.45, 7) is 5.34. The number of hydrogen-bond donors (Lipinski definition) is 2. The molecule has 3 heteroatoms.